The number of nitrogens with one attached hydrogen (secondary N) is 1. The van der Waals surface area contributed by atoms with Crippen molar-refractivity contribution in [1.29, 1.82) is 0 Å². The number of rotatable bonds is 7. The molecule has 200 valence electrons. The summed E-state index contributed by atoms with van der Waals surface area (Å²) in [4.78, 5) is 32.6. The third kappa shape index (κ3) is 6.69. The predicted octanol–water partition coefficient (Wildman–Crippen LogP) is 8.47. The molecule has 0 atom stereocenters. The van der Waals surface area contributed by atoms with Crippen LogP contribution in [0.5, 0.6) is 5.75 Å². The van der Waals surface area contributed by atoms with Gasteiger partial charge >= 0.3 is 0 Å². The Bertz CT molecular complexity index is 1630. The molecule has 4 aromatic rings. The largest absolute Gasteiger partial charge is 0.482 e. The first-order chi connectivity index (χ1) is 19.4. The Morgan fingerprint density at radius 3 is 2.30 bits per heavy atom. The van der Waals surface area contributed by atoms with Crippen LogP contribution in [-0.4, -0.2) is 23.6 Å². The SMILES string of the molecule is O=C(COc1ccc(/C=C2/SC(=Nc3ccccc3)N(c3ccccc3)C2=O)cc1Cl)Nc1ccc(Cl)c(Cl)c1. The number of aliphatic imine (C=N–C) groups is 1. The standard InChI is InChI=1S/C30H20Cl3N3O3S/c31-23-13-12-21(17-24(23)32)34-28(37)18-39-26-14-11-19(15-25(26)33)16-27-29(38)36(22-9-5-2-6-10-22)30(40-27)35-20-7-3-1-4-8-20/h1-17H,18H2,(H,34,37)/b27-16+,35-30?. The summed E-state index contributed by atoms with van der Waals surface area (Å²) in [6.45, 7) is -0.264. The average molecular weight is 609 g/mol. The van der Waals surface area contributed by atoms with E-state index >= 15 is 0 Å². The van der Waals surface area contributed by atoms with Crippen LogP contribution in [-0.2, 0) is 9.59 Å². The summed E-state index contributed by atoms with van der Waals surface area (Å²) in [5, 5.41) is 4.26. The maximum atomic E-state index is 13.5. The molecule has 0 saturated carbocycles. The van der Waals surface area contributed by atoms with Gasteiger partial charge in [-0.2, -0.15) is 0 Å². The number of amidine groups is 1. The number of hydrogen-bond donors (Lipinski definition) is 1. The second-order valence-electron chi connectivity index (χ2n) is 8.47. The summed E-state index contributed by atoms with van der Waals surface area (Å²) in [6, 6.07) is 28.7. The van der Waals surface area contributed by atoms with E-state index in [-0.39, 0.29) is 18.4 Å². The lowest BCUT2D eigenvalue weighted by Gasteiger charge is -2.15. The Balaban J connectivity index is 1.31. The monoisotopic (exact) mass is 607 g/mol. The fourth-order valence-corrected chi connectivity index (χ4v) is 5.30. The minimum atomic E-state index is -0.389. The maximum Gasteiger partial charge on any atom is 0.271 e. The number of anilines is 2. The molecule has 0 spiro atoms. The second kappa shape index (κ2) is 12.6. The molecule has 6 nitrogen and oxygen atoms in total. The fourth-order valence-electron chi connectivity index (χ4n) is 3.76. The molecule has 0 unspecified atom stereocenters. The lowest BCUT2D eigenvalue weighted by Crippen LogP contribution is -2.28. The highest BCUT2D eigenvalue weighted by molar-refractivity contribution is 8.19. The molecule has 2 amide bonds. The third-order valence-corrected chi connectivity index (χ3v) is 7.62. The number of carbonyl (C=O) groups is 2. The number of para-hydroxylation sites is 2. The quantitative estimate of drug-likeness (QED) is 0.214. The number of benzene rings is 4. The Morgan fingerprint density at radius 2 is 1.60 bits per heavy atom. The second-order valence-corrected chi connectivity index (χ2v) is 10.7. The molecule has 0 aromatic heterocycles. The van der Waals surface area contributed by atoms with Crippen LogP contribution in [0, 0.1) is 0 Å². The zero-order chi connectivity index (χ0) is 28.1. The summed E-state index contributed by atoms with van der Waals surface area (Å²) in [5.41, 5.74) is 2.66. The van der Waals surface area contributed by atoms with Crippen molar-refractivity contribution in [1.82, 2.24) is 0 Å². The lowest BCUT2D eigenvalue weighted by molar-refractivity contribution is -0.118. The zero-order valence-corrected chi connectivity index (χ0v) is 23.8. The van der Waals surface area contributed by atoms with Crippen molar-refractivity contribution in [2.24, 2.45) is 4.99 Å². The smallest absolute Gasteiger partial charge is 0.271 e. The molecule has 0 aliphatic carbocycles. The van der Waals surface area contributed by atoms with Gasteiger partial charge in [0, 0.05) is 5.69 Å². The van der Waals surface area contributed by atoms with E-state index < -0.39 is 0 Å². The summed E-state index contributed by atoms with van der Waals surface area (Å²) >= 11 is 19.6. The van der Waals surface area contributed by atoms with Gasteiger partial charge in [0.05, 0.1) is 31.3 Å². The number of carbonyl (C=O) groups excluding carboxylic acids is 2. The lowest BCUT2D eigenvalue weighted by atomic mass is 10.2. The van der Waals surface area contributed by atoms with Gasteiger partial charge in [-0.15, -0.1) is 0 Å². The van der Waals surface area contributed by atoms with Crippen molar-refractivity contribution in [3.05, 3.63) is 123 Å². The molecule has 1 saturated heterocycles. The fraction of sp³-hybridized carbons (Fsp3) is 0.0333. The van der Waals surface area contributed by atoms with Crippen molar-refractivity contribution in [2.75, 3.05) is 16.8 Å². The van der Waals surface area contributed by atoms with Crippen molar-refractivity contribution < 1.29 is 14.3 Å². The van der Waals surface area contributed by atoms with E-state index in [0.717, 1.165) is 11.4 Å². The Morgan fingerprint density at radius 1 is 0.875 bits per heavy atom. The minimum Gasteiger partial charge on any atom is -0.482 e. The molecule has 1 fully saturated rings. The molecule has 1 N–H and O–H groups in total. The molecule has 1 heterocycles. The van der Waals surface area contributed by atoms with Crippen LogP contribution in [0.2, 0.25) is 15.1 Å². The predicted molar refractivity (Wildman–Crippen MR) is 165 cm³/mol. The van der Waals surface area contributed by atoms with Gasteiger partial charge in [0.1, 0.15) is 5.75 Å². The van der Waals surface area contributed by atoms with Crippen LogP contribution in [0.1, 0.15) is 5.56 Å². The molecule has 5 rings (SSSR count). The summed E-state index contributed by atoms with van der Waals surface area (Å²) in [7, 11) is 0. The number of hydrogen-bond acceptors (Lipinski definition) is 5. The van der Waals surface area contributed by atoms with Gasteiger partial charge < -0.3 is 10.1 Å². The van der Waals surface area contributed by atoms with E-state index in [0.29, 0.717) is 42.1 Å². The summed E-state index contributed by atoms with van der Waals surface area (Å²) < 4.78 is 5.61. The Hall–Kier alpha value is -3.75. The minimum absolute atomic E-state index is 0.193. The van der Waals surface area contributed by atoms with Crippen LogP contribution in [0.15, 0.2) is 107 Å². The van der Waals surface area contributed by atoms with Gasteiger partial charge in [-0.25, -0.2) is 4.99 Å². The highest BCUT2D eigenvalue weighted by Crippen LogP contribution is 2.38. The van der Waals surface area contributed by atoms with E-state index in [1.807, 2.05) is 60.7 Å². The van der Waals surface area contributed by atoms with Crippen molar-refractivity contribution in [2.45, 2.75) is 0 Å². The molecule has 0 radical (unpaired) electrons. The molecule has 0 bridgehead atoms. The molecule has 10 heteroatoms. The van der Waals surface area contributed by atoms with Crippen LogP contribution < -0.4 is 15.0 Å². The van der Waals surface area contributed by atoms with E-state index in [1.165, 1.54) is 11.8 Å². The summed E-state index contributed by atoms with van der Waals surface area (Å²) in [6.07, 6.45) is 1.75. The zero-order valence-electron chi connectivity index (χ0n) is 20.7. The van der Waals surface area contributed by atoms with Gasteiger partial charge in [-0.1, -0.05) is 77.3 Å². The first-order valence-corrected chi connectivity index (χ1v) is 13.9. The highest BCUT2D eigenvalue weighted by atomic mass is 35.5. The maximum absolute atomic E-state index is 13.5. The van der Waals surface area contributed by atoms with Gasteiger partial charge in [0.2, 0.25) is 0 Å². The van der Waals surface area contributed by atoms with Crippen LogP contribution >= 0.6 is 46.6 Å². The first kappa shape index (κ1) is 27.8. The molecular formula is C30H20Cl3N3O3S. The molecule has 1 aliphatic rings. The van der Waals surface area contributed by atoms with Crippen LogP contribution in [0.3, 0.4) is 0 Å². The normalized spacial score (nSPS) is 15.1. The third-order valence-electron chi connectivity index (χ3n) is 5.62. The summed E-state index contributed by atoms with van der Waals surface area (Å²) in [5.74, 6) is -0.253. The van der Waals surface area contributed by atoms with Crippen LogP contribution in [0.25, 0.3) is 6.08 Å². The highest BCUT2D eigenvalue weighted by Gasteiger charge is 2.34. The molecule has 4 aromatic carbocycles. The van der Waals surface area contributed by atoms with Crippen molar-refractivity contribution >= 4 is 86.7 Å². The van der Waals surface area contributed by atoms with Gasteiger partial charge in [-0.3, -0.25) is 14.5 Å². The Kier molecular flexibility index (Phi) is 8.77. The molecule has 1 aliphatic heterocycles. The topological polar surface area (TPSA) is 71.0 Å². The van der Waals surface area contributed by atoms with Crippen molar-refractivity contribution in [3.63, 3.8) is 0 Å². The number of halogens is 3. The number of nitrogens with zero attached hydrogens (tertiary/aromatic N) is 2. The van der Waals surface area contributed by atoms with Gasteiger partial charge in [-0.05, 0) is 78.0 Å². The average Bonchev–Trinajstić information content (AvgIpc) is 3.25. The van der Waals surface area contributed by atoms with Gasteiger partial charge in [0.15, 0.2) is 11.8 Å². The van der Waals surface area contributed by atoms with Crippen LogP contribution in [0.4, 0.5) is 17.1 Å². The van der Waals surface area contributed by atoms with E-state index in [9.17, 15) is 9.59 Å². The number of amides is 2. The van der Waals surface area contributed by atoms with Gasteiger partial charge in [0.25, 0.3) is 11.8 Å². The Labute approximate surface area is 250 Å². The number of ether oxygens (including phenoxy) is 1. The molecule has 40 heavy (non-hydrogen) atoms. The molecular weight excluding hydrogens is 589 g/mol. The van der Waals surface area contributed by atoms with Crippen molar-refractivity contribution in [3.8, 4) is 5.75 Å². The van der Waals surface area contributed by atoms with E-state index in [4.69, 9.17) is 44.5 Å². The van der Waals surface area contributed by atoms with E-state index in [2.05, 4.69) is 5.32 Å². The van der Waals surface area contributed by atoms with E-state index in [1.54, 1.807) is 47.4 Å². The first-order valence-electron chi connectivity index (χ1n) is 12.0. The number of thioether (sulfide) groups is 1.